The Kier molecular flexibility index (Phi) is 2.14. The topological polar surface area (TPSA) is 80.4 Å². The van der Waals surface area contributed by atoms with E-state index >= 15 is 0 Å². The summed E-state index contributed by atoms with van der Waals surface area (Å²) in [6, 6.07) is 0. The molecule has 4 nitrogen and oxygen atoms in total. The SMILES string of the molecule is NC(=O)C#CC(=O)O. The van der Waals surface area contributed by atoms with E-state index in [1.807, 2.05) is 0 Å². The first kappa shape index (κ1) is 6.50. The third-order valence-corrected chi connectivity index (χ3v) is 0.293. The number of carboxylic acid groups (broad SMARTS) is 1. The molecule has 0 fully saturated rings. The number of carboxylic acids is 1. The quantitative estimate of drug-likeness (QED) is 0.377. The molecule has 0 aromatic heterocycles. The van der Waals surface area contributed by atoms with Gasteiger partial charge >= 0.3 is 5.97 Å². The van der Waals surface area contributed by atoms with E-state index in [4.69, 9.17) is 5.11 Å². The lowest BCUT2D eigenvalue weighted by molar-refractivity contribution is -0.130. The zero-order valence-electron chi connectivity index (χ0n) is 3.84. The number of carbonyl (C=O) groups excluding carboxylic acids is 1. The van der Waals surface area contributed by atoms with Crippen LogP contribution in [0, 0.1) is 11.8 Å². The first-order valence-corrected chi connectivity index (χ1v) is 1.67. The molecule has 0 saturated carbocycles. The van der Waals surface area contributed by atoms with Crippen LogP contribution in [0.15, 0.2) is 0 Å². The summed E-state index contributed by atoms with van der Waals surface area (Å²) in [5, 5.41) is 7.78. The van der Waals surface area contributed by atoms with Crippen molar-refractivity contribution in [3.8, 4) is 11.8 Å². The van der Waals surface area contributed by atoms with Gasteiger partial charge in [-0.05, 0) is 0 Å². The minimum Gasteiger partial charge on any atom is -0.472 e. The predicted octanol–water partition coefficient (Wildman–Crippen LogP) is -1.44. The van der Waals surface area contributed by atoms with E-state index in [1.54, 1.807) is 5.92 Å². The summed E-state index contributed by atoms with van der Waals surface area (Å²) in [7, 11) is 0. The largest absolute Gasteiger partial charge is 0.472 e. The minimum atomic E-state index is -1.36. The van der Waals surface area contributed by atoms with Crippen LogP contribution in [0.1, 0.15) is 0 Å². The van der Waals surface area contributed by atoms with Gasteiger partial charge in [0.1, 0.15) is 0 Å². The van der Waals surface area contributed by atoms with Crippen LogP contribution in [0.2, 0.25) is 0 Å². The number of aliphatic carboxylic acids is 1. The highest BCUT2D eigenvalue weighted by molar-refractivity contribution is 5.99. The van der Waals surface area contributed by atoms with E-state index < -0.39 is 11.9 Å². The number of carbonyl (C=O) groups is 2. The Bertz CT molecular complexity index is 155. The summed E-state index contributed by atoms with van der Waals surface area (Å²) in [4.78, 5) is 19.2. The summed E-state index contributed by atoms with van der Waals surface area (Å²) in [6.45, 7) is 0. The molecule has 0 saturated heterocycles. The summed E-state index contributed by atoms with van der Waals surface area (Å²) >= 11 is 0. The van der Waals surface area contributed by atoms with E-state index in [9.17, 15) is 9.59 Å². The molecule has 0 unspecified atom stereocenters. The maximum absolute atomic E-state index is 9.69. The van der Waals surface area contributed by atoms with Crippen LogP contribution in [0.5, 0.6) is 0 Å². The van der Waals surface area contributed by atoms with Crippen molar-refractivity contribution in [3.05, 3.63) is 0 Å². The lowest BCUT2D eigenvalue weighted by Crippen LogP contribution is -2.07. The molecule has 1 amide bonds. The first-order valence-electron chi connectivity index (χ1n) is 1.67. The van der Waals surface area contributed by atoms with Gasteiger partial charge < -0.3 is 10.8 Å². The van der Waals surface area contributed by atoms with Crippen LogP contribution >= 0.6 is 0 Å². The van der Waals surface area contributed by atoms with Crippen molar-refractivity contribution >= 4 is 11.9 Å². The van der Waals surface area contributed by atoms with Crippen LogP contribution in [-0.2, 0) is 9.59 Å². The second-order valence-corrected chi connectivity index (χ2v) is 0.919. The van der Waals surface area contributed by atoms with Crippen LogP contribution in [0.25, 0.3) is 0 Å². The first-order chi connectivity index (χ1) is 3.63. The van der Waals surface area contributed by atoms with E-state index in [-0.39, 0.29) is 0 Å². The molecule has 0 aromatic rings. The van der Waals surface area contributed by atoms with Crippen LogP contribution in [0.3, 0.4) is 0 Å². The second-order valence-electron chi connectivity index (χ2n) is 0.919. The third-order valence-electron chi connectivity index (χ3n) is 0.293. The molecule has 3 N–H and O–H groups in total. The monoisotopic (exact) mass is 113 g/mol. The highest BCUT2D eigenvalue weighted by Crippen LogP contribution is 1.54. The molecule has 0 atom stereocenters. The van der Waals surface area contributed by atoms with Gasteiger partial charge in [-0.2, -0.15) is 0 Å². The van der Waals surface area contributed by atoms with Gasteiger partial charge in [-0.1, -0.05) is 0 Å². The predicted molar refractivity (Wildman–Crippen MR) is 24.6 cm³/mol. The molecule has 0 radical (unpaired) electrons. The van der Waals surface area contributed by atoms with Crippen molar-refractivity contribution in [1.29, 1.82) is 0 Å². The highest BCUT2D eigenvalue weighted by Gasteiger charge is 1.84. The molecule has 0 aliphatic heterocycles. The van der Waals surface area contributed by atoms with Crippen molar-refractivity contribution in [1.82, 2.24) is 0 Å². The van der Waals surface area contributed by atoms with Crippen LogP contribution in [-0.4, -0.2) is 17.0 Å². The second kappa shape index (κ2) is 2.64. The van der Waals surface area contributed by atoms with Crippen molar-refractivity contribution in [2.45, 2.75) is 0 Å². The molecule has 0 bridgehead atoms. The van der Waals surface area contributed by atoms with Gasteiger partial charge in [-0.25, -0.2) is 4.79 Å². The fourth-order valence-corrected chi connectivity index (χ4v) is 0.115. The Hall–Kier alpha value is -1.50. The van der Waals surface area contributed by atoms with Crippen molar-refractivity contribution in [2.24, 2.45) is 5.73 Å². The third kappa shape index (κ3) is 4.50. The van der Waals surface area contributed by atoms with E-state index in [0.29, 0.717) is 0 Å². The smallest absolute Gasteiger partial charge is 0.382 e. The average molecular weight is 113 g/mol. The standard InChI is InChI=1S/C4H3NO3/c5-3(6)1-2-4(7)8/h(H2,5,6)(H,7,8). The normalized spacial score (nSPS) is 6.50. The molecule has 0 heterocycles. The molecular weight excluding hydrogens is 110 g/mol. The number of amides is 1. The Labute approximate surface area is 45.3 Å². The molecule has 0 aromatic carbocycles. The van der Waals surface area contributed by atoms with E-state index in [0.717, 1.165) is 0 Å². The van der Waals surface area contributed by atoms with Gasteiger partial charge in [-0.3, -0.25) is 4.79 Å². The fraction of sp³-hybridized carbons (Fsp3) is 0. The Morgan fingerprint density at radius 3 is 2.00 bits per heavy atom. The van der Waals surface area contributed by atoms with Crippen molar-refractivity contribution in [2.75, 3.05) is 0 Å². The zero-order chi connectivity index (χ0) is 6.57. The number of rotatable bonds is 0. The summed E-state index contributed by atoms with van der Waals surface area (Å²) in [5.74, 6) is 0.876. The van der Waals surface area contributed by atoms with Gasteiger partial charge in [0.15, 0.2) is 0 Å². The summed E-state index contributed by atoms with van der Waals surface area (Å²) in [5.41, 5.74) is 4.46. The molecule has 42 valence electrons. The summed E-state index contributed by atoms with van der Waals surface area (Å²) in [6.07, 6.45) is 0. The lowest BCUT2D eigenvalue weighted by atomic mass is 10.5. The van der Waals surface area contributed by atoms with E-state index in [1.165, 1.54) is 5.92 Å². The number of nitrogens with two attached hydrogens (primary N) is 1. The van der Waals surface area contributed by atoms with Crippen molar-refractivity contribution in [3.63, 3.8) is 0 Å². The van der Waals surface area contributed by atoms with Crippen molar-refractivity contribution < 1.29 is 14.7 Å². The molecule has 4 heteroatoms. The summed E-state index contributed by atoms with van der Waals surface area (Å²) < 4.78 is 0. The molecule has 8 heavy (non-hydrogen) atoms. The maximum atomic E-state index is 9.69. The molecule has 0 spiro atoms. The maximum Gasteiger partial charge on any atom is 0.382 e. The van der Waals surface area contributed by atoms with Gasteiger partial charge in [0, 0.05) is 11.8 Å². The number of primary amides is 1. The Morgan fingerprint density at radius 2 is 1.88 bits per heavy atom. The fourth-order valence-electron chi connectivity index (χ4n) is 0.115. The number of hydrogen-bond donors (Lipinski definition) is 2. The van der Waals surface area contributed by atoms with Crippen LogP contribution < -0.4 is 5.73 Å². The number of hydrogen-bond acceptors (Lipinski definition) is 2. The molecule has 0 aliphatic rings. The van der Waals surface area contributed by atoms with Crippen LogP contribution in [0.4, 0.5) is 0 Å². The van der Waals surface area contributed by atoms with Gasteiger partial charge in [0.05, 0.1) is 0 Å². The van der Waals surface area contributed by atoms with Gasteiger partial charge in [-0.15, -0.1) is 0 Å². The average Bonchev–Trinajstić information content (AvgIpc) is 1.61. The lowest BCUT2D eigenvalue weighted by Gasteiger charge is -1.69. The molecule has 0 aliphatic carbocycles. The Morgan fingerprint density at radius 1 is 1.38 bits per heavy atom. The zero-order valence-corrected chi connectivity index (χ0v) is 3.84. The highest BCUT2D eigenvalue weighted by atomic mass is 16.4. The van der Waals surface area contributed by atoms with Gasteiger partial charge in [0.25, 0.3) is 5.91 Å². The molecule has 0 rings (SSSR count). The minimum absolute atomic E-state index is 0.938. The Balaban J connectivity index is 3.87. The van der Waals surface area contributed by atoms with Gasteiger partial charge in [0.2, 0.25) is 0 Å². The molecular formula is C4H3NO3. The van der Waals surface area contributed by atoms with E-state index in [2.05, 4.69) is 5.73 Å².